The molecule has 0 bridgehead atoms. The van der Waals surface area contributed by atoms with Gasteiger partial charge in [-0.25, -0.2) is 4.39 Å². The third-order valence-electron chi connectivity index (χ3n) is 7.77. The standard InChI is InChI=1S/C28H31FI2N4O3/c1-17-25(27(2,3)29)24(10-12-34-16-21(11-13-36)32-33-34)38-28(17)22-14-20(31)8-9-23(22)35(26(28)37)15-18-4-6-19(30)7-5-18/h4-9,14,16-17,24-25,36H,10-13,15H2,1-3H3/t17-,24+,25-,28+/m1/s1. The van der Waals surface area contributed by atoms with Gasteiger partial charge in [-0.1, -0.05) is 24.3 Å². The van der Waals surface area contributed by atoms with Gasteiger partial charge in [-0.05, 0) is 101 Å². The highest BCUT2D eigenvalue weighted by atomic mass is 127. The van der Waals surface area contributed by atoms with Crippen LogP contribution in [0.25, 0.3) is 0 Å². The number of aliphatic hydroxyl groups is 1. The predicted octanol–water partition coefficient (Wildman–Crippen LogP) is 5.25. The van der Waals surface area contributed by atoms with Crippen molar-refractivity contribution in [1.29, 1.82) is 0 Å². The zero-order valence-corrected chi connectivity index (χ0v) is 25.9. The smallest absolute Gasteiger partial charge is 0.264 e. The fraction of sp³-hybridized carbons (Fsp3) is 0.464. The number of ether oxygens (including phenoxy) is 1. The maximum atomic E-state index is 15.9. The molecule has 7 nitrogen and oxygen atoms in total. The molecule has 2 aliphatic rings. The van der Waals surface area contributed by atoms with Crippen molar-refractivity contribution in [3.63, 3.8) is 0 Å². The lowest BCUT2D eigenvalue weighted by Crippen LogP contribution is -2.45. The van der Waals surface area contributed by atoms with Crippen LogP contribution in [0.4, 0.5) is 10.1 Å². The van der Waals surface area contributed by atoms with E-state index in [9.17, 15) is 9.90 Å². The number of hydrogen-bond acceptors (Lipinski definition) is 5. The van der Waals surface area contributed by atoms with Gasteiger partial charge in [0.25, 0.3) is 5.91 Å². The largest absolute Gasteiger partial charge is 0.396 e. The Bertz CT molecular complexity index is 1330. The fourth-order valence-corrected chi connectivity index (χ4v) is 7.01. The van der Waals surface area contributed by atoms with E-state index in [0.29, 0.717) is 31.6 Å². The number of benzene rings is 2. The molecule has 0 radical (unpaired) electrons. The number of aryl methyl sites for hydroxylation is 1. The van der Waals surface area contributed by atoms with Gasteiger partial charge in [0.2, 0.25) is 0 Å². The minimum absolute atomic E-state index is 0.00160. The van der Waals surface area contributed by atoms with Gasteiger partial charge in [0, 0.05) is 50.3 Å². The monoisotopic (exact) mass is 744 g/mol. The summed E-state index contributed by atoms with van der Waals surface area (Å²) in [5.74, 6) is -1.03. The maximum Gasteiger partial charge on any atom is 0.264 e. The van der Waals surface area contributed by atoms with E-state index < -0.39 is 23.3 Å². The van der Waals surface area contributed by atoms with Gasteiger partial charge in [-0.3, -0.25) is 9.48 Å². The third-order valence-corrected chi connectivity index (χ3v) is 9.16. The molecular formula is C28H31FI2N4O3. The van der Waals surface area contributed by atoms with Gasteiger partial charge in [-0.15, -0.1) is 5.10 Å². The molecule has 202 valence electrons. The van der Waals surface area contributed by atoms with Crippen molar-refractivity contribution in [1.82, 2.24) is 15.0 Å². The first-order valence-electron chi connectivity index (χ1n) is 12.8. The van der Waals surface area contributed by atoms with Crippen LogP contribution in [0.15, 0.2) is 48.7 Å². The van der Waals surface area contributed by atoms with Crippen LogP contribution in [-0.2, 0) is 34.6 Å². The Morgan fingerprint density at radius 1 is 1.16 bits per heavy atom. The van der Waals surface area contributed by atoms with Crippen LogP contribution in [0.2, 0.25) is 0 Å². The normalized spacial score (nSPS) is 25.0. The first-order valence-corrected chi connectivity index (χ1v) is 14.9. The highest BCUT2D eigenvalue weighted by molar-refractivity contribution is 14.1. The average molecular weight is 744 g/mol. The number of rotatable bonds is 8. The second-order valence-corrected chi connectivity index (χ2v) is 13.2. The molecule has 1 saturated heterocycles. The van der Waals surface area contributed by atoms with E-state index in [0.717, 1.165) is 24.0 Å². The molecule has 3 aromatic rings. The maximum absolute atomic E-state index is 15.9. The lowest BCUT2D eigenvalue weighted by Gasteiger charge is -2.32. The highest BCUT2D eigenvalue weighted by Gasteiger charge is 2.66. The molecule has 10 heteroatoms. The Hall–Kier alpha value is -1.64. The number of hydrogen-bond donors (Lipinski definition) is 1. The van der Waals surface area contributed by atoms with Gasteiger partial charge in [0.05, 0.1) is 24.0 Å². The molecule has 5 rings (SSSR count). The van der Waals surface area contributed by atoms with Crippen molar-refractivity contribution in [2.24, 2.45) is 11.8 Å². The molecule has 1 spiro atoms. The molecule has 0 aliphatic carbocycles. The van der Waals surface area contributed by atoms with E-state index >= 15 is 4.39 Å². The zero-order valence-electron chi connectivity index (χ0n) is 21.6. The number of aliphatic hydroxyl groups excluding tert-OH is 1. The van der Waals surface area contributed by atoms with E-state index in [2.05, 4.69) is 55.5 Å². The molecule has 38 heavy (non-hydrogen) atoms. The molecule has 3 heterocycles. The SMILES string of the molecule is C[C@@H]1[C@@H](C(C)(C)F)[C@H](CCn2cc(CCO)nn2)O[C@@]12C(=O)N(Cc1ccc(I)cc1)c1ccc(I)cc12. The van der Waals surface area contributed by atoms with Crippen molar-refractivity contribution in [2.45, 2.75) is 64.1 Å². The van der Waals surface area contributed by atoms with Crippen molar-refractivity contribution < 1.29 is 19.0 Å². The van der Waals surface area contributed by atoms with Crippen LogP contribution in [0.1, 0.15) is 44.0 Å². The number of halogens is 3. The summed E-state index contributed by atoms with van der Waals surface area (Å²) in [7, 11) is 0. The number of aromatic nitrogens is 3. The molecule has 4 atom stereocenters. The quantitative estimate of drug-likeness (QED) is 0.319. The van der Waals surface area contributed by atoms with Crippen LogP contribution >= 0.6 is 45.2 Å². The summed E-state index contributed by atoms with van der Waals surface area (Å²) in [6.07, 6.45) is 2.21. The highest BCUT2D eigenvalue weighted by Crippen LogP contribution is 2.58. The van der Waals surface area contributed by atoms with E-state index in [-0.39, 0.29) is 18.4 Å². The van der Waals surface area contributed by atoms with E-state index in [1.54, 1.807) is 29.6 Å². The Kier molecular flexibility index (Phi) is 7.88. The lowest BCUT2D eigenvalue weighted by molar-refractivity contribution is -0.146. The van der Waals surface area contributed by atoms with E-state index in [1.165, 1.54) is 0 Å². The van der Waals surface area contributed by atoms with Crippen molar-refractivity contribution in [3.05, 3.63) is 72.6 Å². The van der Waals surface area contributed by atoms with E-state index in [1.807, 2.05) is 49.4 Å². The summed E-state index contributed by atoms with van der Waals surface area (Å²) < 4.78 is 26.5. The van der Waals surface area contributed by atoms with Crippen LogP contribution in [0.3, 0.4) is 0 Å². The van der Waals surface area contributed by atoms with Crippen LogP contribution in [0.5, 0.6) is 0 Å². The Balaban J connectivity index is 1.50. The van der Waals surface area contributed by atoms with Crippen LogP contribution < -0.4 is 4.90 Å². The minimum Gasteiger partial charge on any atom is -0.396 e. The predicted molar refractivity (Wildman–Crippen MR) is 159 cm³/mol. The summed E-state index contributed by atoms with van der Waals surface area (Å²) in [6.45, 7) is 6.01. The van der Waals surface area contributed by atoms with E-state index in [4.69, 9.17) is 4.74 Å². The minimum atomic E-state index is -1.57. The van der Waals surface area contributed by atoms with Gasteiger partial charge in [0.1, 0.15) is 5.67 Å². The molecule has 0 unspecified atom stereocenters. The third kappa shape index (κ3) is 5.01. The Morgan fingerprint density at radius 3 is 2.55 bits per heavy atom. The molecule has 1 aromatic heterocycles. The number of nitrogens with zero attached hydrogens (tertiary/aromatic N) is 4. The molecule has 1 fully saturated rings. The number of alkyl halides is 1. The lowest BCUT2D eigenvalue weighted by atomic mass is 9.71. The number of fused-ring (bicyclic) bond motifs is 2. The molecule has 1 amide bonds. The second-order valence-electron chi connectivity index (χ2n) is 10.7. The molecule has 1 N–H and O–H groups in total. The summed E-state index contributed by atoms with van der Waals surface area (Å²) in [5, 5.41) is 17.4. The van der Waals surface area contributed by atoms with Crippen molar-refractivity contribution in [3.8, 4) is 0 Å². The van der Waals surface area contributed by atoms with Crippen LogP contribution in [0, 0.1) is 19.0 Å². The zero-order chi connectivity index (χ0) is 27.2. The van der Waals surface area contributed by atoms with Gasteiger partial charge in [0.15, 0.2) is 5.60 Å². The second kappa shape index (κ2) is 10.7. The average Bonchev–Trinajstić information content (AvgIpc) is 3.50. The number of anilines is 1. The fourth-order valence-electron chi connectivity index (χ4n) is 6.16. The topological polar surface area (TPSA) is 80.5 Å². The van der Waals surface area contributed by atoms with Gasteiger partial charge in [-0.2, -0.15) is 0 Å². The number of amides is 1. The summed E-state index contributed by atoms with van der Waals surface area (Å²) in [4.78, 5) is 16.2. The van der Waals surface area contributed by atoms with Crippen LogP contribution in [-0.4, -0.2) is 44.4 Å². The molecule has 2 aliphatic heterocycles. The molecular weight excluding hydrogens is 713 g/mol. The van der Waals surface area contributed by atoms with Crippen molar-refractivity contribution in [2.75, 3.05) is 11.5 Å². The first-order chi connectivity index (χ1) is 18.0. The summed E-state index contributed by atoms with van der Waals surface area (Å²) >= 11 is 4.52. The number of carbonyl (C=O) groups is 1. The van der Waals surface area contributed by atoms with Crippen molar-refractivity contribution >= 4 is 56.8 Å². The Morgan fingerprint density at radius 2 is 1.87 bits per heavy atom. The first kappa shape index (κ1) is 27.9. The summed E-state index contributed by atoms with van der Waals surface area (Å²) in [6, 6.07) is 14.1. The van der Waals surface area contributed by atoms with Gasteiger partial charge < -0.3 is 14.7 Å². The number of carbonyl (C=O) groups excluding carboxylic acids is 1. The van der Waals surface area contributed by atoms with Gasteiger partial charge >= 0.3 is 0 Å². The molecule has 2 aromatic carbocycles. The molecule has 0 saturated carbocycles. The summed E-state index contributed by atoms with van der Waals surface area (Å²) in [5.41, 5.74) is 0.534. The Labute approximate surface area is 249 Å².